The van der Waals surface area contributed by atoms with Crippen LogP contribution in [0, 0.1) is 5.82 Å². The molecule has 1 aliphatic rings. The number of hydrogen-bond acceptors (Lipinski definition) is 3. The van der Waals surface area contributed by atoms with E-state index >= 15 is 0 Å². The molecular weight excluding hydrogens is 387 g/mol. The number of rotatable bonds is 2. The summed E-state index contributed by atoms with van der Waals surface area (Å²) < 4.78 is 20.2. The highest BCUT2D eigenvalue weighted by molar-refractivity contribution is 9.10. The van der Waals surface area contributed by atoms with Crippen LogP contribution in [0.2, 0.25) is 5.02 Å². The molecule has 1 heterocycles. The van der Waals surface area contributed by atoms with Gasteiger partial charge in [-0.15, -0.1) is 0 Å². The Morgan fingerprint density at radius 1 is 1.39 bits per heavy atom. The fourth-order valence-electron chi connectivity index (χ4n) is 2.44. The van der Waals surface area contributed by atoms with Crippen LogP contribution in [0.5, 0.6) is 5.75 Å². The zero-order valence-corrected chi connectivity index (χ0v) is 14.5. The smallest absolute Gasteiger partial charge is 0.268 e. The number of carbonyl (C=O) groups excluding carboxylic acids is 1. The van der Waals surface area contributed by atoms with Gasteiger partial charge in [-0.3, -0.25) is 4.79 Å². The first-order valence-electron chi connectivity index (χ1n) is 6.88. The monoisotopic (exact) mass is 398 g/mol. The molecule has 0 fully saturated rings. The van der Waals surface area contributed by atoms with Crippen LogP contribution in [-0.2, 0) is 11.3 Å². The van der Waals surface area contributed by atoms with Crippen LogP contribution in [0.1, 0.15) is 12.5 Å². The van der Waals surface area contributed by atoms with Crippen LogP contribution in [-0.4, -0.2) is 12.0 Å². The number of ether oxygens (including phenoxy) is 1. The highest BCUT2D eigenvalue weighted by atomic mass is 79.9. The van der Waals surface area contributed by atoms with Crippen molar-refractivity contribution in [2.24, 2.45) is 0 Å². The predicted octanol–water partition coefficient (Wildman–Crippen LogP) is 4.14. The van der Waals surface area contributed by atoms with Gasteiger partial charge < -0.3 is 15.4 Å². The molecule has 0 saturated heterocycles. The van der Waals surface area contributed by atoms with E-state index in [0.717, 1.165) is 0 Å². The number of benzene rings is 2. The van der Waals surface area contributed by atoms with Crippen molar-refractivity contribution in [3.05, 3.63) is 51.2 Å². The minimum Gasteiger partial charge on any atom is -0.479 e. The number of amides is 1. The normalized spacial score (nSPS) is 17.0. The third kappa shape index (κ3) is 3.01. The van der Waals surface area contributed by atoms with Gasteiger partial charge in [-0.1, -0.05) is 11.6 Å². The van der Waals surface area contributed by atoms with Crippen molar-refractivity contribution in [1.82, 2.24) is 0 Å². The average molecular weight is 400 g/mol. The van der Waals surface area contributed by atoms with Gasteiger partial charge in [-0.25, -0.2) is 4.39 Å². The van der Waals surface area contributed by atoms with Crippen LogP contribution < -0.4 is 15.4 Å². The predicted molar refractivity (Wildman–Crippen MR) is 91.2 cm³/mol. The van der Waals surface area contributed by atoms with Crippen molar-refractivity contribution in [2.75, 3.05) is 10.6 Å². The fourth-order valence-corrected chi connectivity index (χ4v) is 2.97. The van der Waals surface area contributed by atoms with Gasteiger partial charge >= 0.3 is 0 Å². The average Bonchev–Trinajstić information content (AvgIpc) is 2.50. The Labute approximate surface area is 146 Å². The third-order valence-corrected chi connectivity index (χ3v) is 4.54. The van der Waals surface area contributed by atoms with Crippen LogP contribution in [0.15, 0.2) is 34.8 Å². The molecule has 1 atom stereocenters. The maximum atomic E-state index is 14.0. The van der Waals surface area contributed by atoms with Crippen LogP contribution in [0.3, 0.4) is 0 Å². The zero-order valence-electron chi connectivity index (χ0n) is 12.1. The Bertz CT molecular complexity index is 800. The highest BCUT2D eigenvalue weighted by Gasteiger charge is 2.32. The summed E-state index contributed by atoms with van der Waals surface area (Å²) in [6, 6.07) is 7.60. The van der Waals surface area contributed by atoms with Crippen molar-refractivity contribution < 1.29 is 13.9 Å². The third-order valence-electron chi connectivity index (χ3n) is 3.62. The molecule has 23 heavy (non-hydrogen) atoms. The summed E-state index contributed by atoms with van der Waals surface area (Å²) in [5.74, 6) is -0.189. The van der Waals surface area contributed by atoms with Crippen LogP contribution in [0.25, 0.3) is 0 Å². The van der Waals surface area contributed by atoms with Gasteiger partial charge in [0.2, 0.25) is 0 Å². The molecule has 0 bridgehead atoms. The molecule has 0 aliphatic carbocycles. The first-order valence-corrected chi connectivity index (χ1v) is 8.05. The molecule has 0 spiro atoms. The van der Waals surface area contributed by atoms with Crippen molar-refractivity contribution in [3.8, 4) is 5.75 Å². The quantitative estimate of drug-likeness (QED) is 0.772. The number of nitrogen functional groups attached to an aromatic ring is 1. The largest absolute Gasteiger partial charge is 0.479 e. The minimum atomic E-state index is -0.676. The second-order valence-electron chi connectivity index (χ2n) is 5.26. The number of hydrogen-bond donors (Lipinski definition) is 1. The lowest BCUT2D eigenvalue weighted by molar-refractivity contribution is -0.125. The van der Waals surface area contributed by atoms with E-state index in [1.807, 2.05) is 0 Å². The fraction of sp³-hybridized carbons (Fsp3) is 0.188. The Morgan fingerprint density at radius 2 is 2.13 bits per heavy atom. The molecule has 2 aromatic carbocycles. The lowest BCUT2D eigenvalue weighted by atomic mass is 10.1. The maximum absolute atomic E-state index is 14.0. The molecule has 4 nitrogen and oxygen atoms in total. The number of nitrogens with zero attached hydrogens (tertiary/aromatic N) is 1. The zero-order chi connectivity index (χ0) is 16.7. The second kappa shape index (κ2) is 6.02. The maximum Gasteiger partial charge on any atom is 0.268 e. The minimum absolute atomic E-state index is 0.0578. The summed E-state index contributed by atoms with van der Waals surface area (Å²) in [6.07, 6.45) is -0.676. The van der Waals surface area contributed by atoms with E-state index in [1.165, 1.54) is 23.1 Å². The number of fused-ring (bicyclic) bond motifs is 1. The van der Waals surface area contributed by atoms with Gasteiger partial charge in [-0.05, 0) is 47.1 Å². The topological polar surface area (TPSA) is 55.6 Å². The van der Waals surface area contributed by atoms with E-state index in [0.29, 0.717) is 32.2 Å². The summed E-state index contributed by atoms with van der Waals surface area (Å²) in [4.78, 5) is 14.0. The molecule has 1 aliphatic heterocycles. The summed E-state index contributed by atoms with van der Waals surface area (Å²) >= 11 is 9.26. The molecule has 2 aromatic rings. The molecule has 0 saturated carbocycles. The molecular formula is C16H13BrClFN2O2. The molecule has 1 amide bonds. The number of carbonyl (C=O) groups is 1. The van der Waals surface area contributed by atoms with Gasteiger partial charge in [0.05, 0.1) is 12.2 Å². The van der Waals surface area contributed by atoms with Gasteiger partial charge in [0.1, 0.15) is 11.6 Å². The lowest BCUT2D eigenvalue weighted by Gasteiger charge is -2.33. The van der Waals surface area contributed by atoms with E-state index in [-0.39, 0.29) is 12.5 Å². The van der Waals surface area contributed by atoms with E-state index in [4.69, 9.17) is 22.1 Å². The summed E-state index contributed by atoms with van der Waals surface area (Å²) in [5.41, 5.74) is 7.23. The Balaban J connectivity index is 2.06. The lowest BCUT2D eigenvalue weighted by Crippen LogP contribution is -2.44. The van der Waals surface area contributed by atoms with E-state index in [2.05, 4.69) is 15.9 Å². The van der Waals surface area contributed by atoms with Gasteiger partial charge in [0, 0.05) is 26.8 Å². The Morgan fingerprint density at radius 3 is 2.87 bits per heavy atom. The van der Waals surface area contributed by atoms with E-state index in [9.17, 15) is 9.18 Å². The number of anilines is 2. The van der Waals surface area contributed by atoms with Crippen molar-refractivity contribution in [3.63, 3.8) is 0 Å². The van der Waals surface area contributed by atoms with Gasteiger partial charge in [-0.2, -0.15) is 0 Å². The molecule has 0 unspecified atom stereocenters. The summed E-state index contributed by atoms with van der Waals surface area (Å²) in [5, 5.41) is 0.411. The van der Waals surface area contributed by atoms with E-state index < -0.39 is 11.9 Å². The molecule has 7 heteroatoms. The molecule has 3 rings (SSSR count). The first-order chi connectivity index (χ1) is 10.9. The molecule has 2 N–H and O–H groups in total. The Hall–Kier alpha value is -1.79. The highest BCUT2D eigenvalue weighted by Crippen LogP contribution is 2.40. The van der Waals surface area contributed by atoms with Crippen molar-refractivity contribution in [1.29, 1.82) is 0 Å². The second-order valence-corrected chi connectivity index (χ2v) is 6.55. The molecule has 0 aromatic heterocycles. The Kier molecular flexibility index (Phi) is 4.21. The summed E-state index contributed by atoms with van der Waals surface area (Å²) in [6.45, 7) is 1.70. The molecule has 0 radical (unpaired) electrons. The van der Waals surface area contributed by atoms with Gasteiger partial charge in [0.25, 0.3) is 5.91 Å². The SMILES string of the molecule is C[C@H]1Oc2cc(N)c(Br)cc2N(Cc2cc(Cl)ccc2F)C1=O. The first kappa shape index (κ1) is 16.1. The standard InChI is InChI=1S/C16H13BrClFN2O2/c1-8-16(22)21(7-9-4-10(18)2-3-12(9)19)14-5-11(17)13(20)6-15(14)23-8/h2-6,8H,7,20H2,1H3/t8-/m1/s1. The summed E-state index contributed by atoms with van der Waals surface area (Å²) in [7, 11) is 0. The number of nitrogens with two attached hydrogens (primary N) is 1. The van der Waals surface area contributed by atoms with Crippen LogP contribution >= 0.6 is 27.5 Å². The van der Waals surface area contributed by atoms with Crippen LogP contribution in [0.4, 0.5) is 15.8 Å². The van der Waals surface area contributed by atoms with Gasteiger partial charge in [0.15, 0.2) is 6.10 Å². The number of halogens is 3. The van der Waals surface area contributed by atoms with E-state index in [1.54, 1.807) is 19.1 Å². The van der Waals surface area contributed by atoms with Crippen molar-refractivity contribution >= 4 is 44.8 Å². The molecule has 120 valence electrons. The van der Waals surface area contributed by atoms with Crippen molar-refractivity contribution in [2.45, 2.75) is 19.6 Å².